The SMILES string of the molecule is CCCc1cc(C(=O)Nc2cccc(-c3cn(C)c(=O)c(Nc4ccc(N5CCC(C(N)=O)CC5)c(N)c4)n3)c2C)sc1CC. The predicted molar refractivity (Wildman–Crippen MR) is 184 cm³/mol. The maximum atomic E-state index is 13.2. The molecule has 6 N–H and O–H groups in total. The van der Waals surface area contributed by atoms with Crippen LogP contribution in [0.2, 0.25) is 0 Å². The van der Waals surface area contributed by atoms with E-state index in [2.05, 4.69) is 29.4 Å². The van der Waals surface area contributed by atoms with Gasteiger partial charge in [0.2, 0.25) is 5.91 Å². The van der Waals surface area contributed by atoms with Crippen LogP contribution in [0.25, 0.3) is 11.3 Å². The number of primary amides is 1. The average Bonchev–Trinajstić information content (AvgIpc) is 3.44. The van der Waals surface area contributed by atoms with E-state index >= 15 is 0 Å². The van der Waals surface area contributed by atoms with Gasteiger partial charge in [0.1, 0.15) is 0 Å². The van der Waals surface area contributed by atoms with Crippen LogP contribution in [0.5, 0.6) is 0 Å². The molecule has 0 unspecified atom stereocenters. The normalized spacial score (nSPS) is 13.6. The van der Waals surface area contributed by atoms with Crippen molar-refractivity contribution in [3.05, 3.63) is 79.9 Å². The molecule has 0 bridgehead atoms. The Morgan fingerprint density at radius 1 is 1.11 bits per heavy atom. The van der Waals surface area contributed by atoms with Gasteiger partial charge in [-0.3, -0.25) is 14.4 Å². The second-order valence-corrected chi connectivity index (χ2v) is 12.7. The molecule has 1 saturated heterocycles. The Morgan fingerprint density at radius 2 is 1.87 bits per heavy atom. The summed E-state index contributed by atoms with van der Waals surface area (Å²) in [4.78, 5) is 46.7. The smallest absolute Gasteiger partial charge is 0.293 e. The number of thiophene rings is 1. The van der Waals surface area contributed by atoms with E-state index in [4.69, 9.17) is 16.5 Å². The number of rotatable bonds is 10. The number of carbonyl (C=O) groups excluding carboxylic acids is 2. The molecule has 0 saturated carbocycles. The Kier molecular flexibility index (Phi) is 9.57. The molecule has 0 atom stereocenters. The van der Waals surface area contributed by atoms with Gasteiger partial charge >= 0.3 is 0 Å². The van der Waals surface area contributed by atoms with Crippen molar-refractivity contribution in [3.8, 4) is 11.3 Å². The lowest BCUT2D eigenvalue weighted by Crippen LogP contribution is -2.38. The van der Waals surface area contributed by atoms with Crippen LogP contribution in [0.1, 0.15) is 58.8 Å². The van der Waals surface area contributed by atoms with Crippen LogP contribution in [0.15, 0.2) is 53.5 Å². The highest BCUT2D eigenvalue weighted by molar-refractivity contribution is 7.14. The fraction of sp³-hybridized carbons (Fsp3) is 0.353. The highest BCUT2D eigenvalue weighted by Crippen LogP contribution is 2.32. The topological polar surface area (TPSA) is 148 Å². The number of piperidine rings is 1. The van der Waals surface area contributed by atoms with E-state index in [9.17, 15) is 14.4 Å². The number of nitrogen functional groups attached to an aromatic ring is 1. The van der Waals surface area contributed by atoms with Crippen LogP contribution in [-0.2, 0) is 24.7 Å². The monoisotopic (exact) mass is 627 g/mol. The van der Waals surface area contributed by atoms with Crippen LogP contribution in [0.3, 0.4) is 0 Å². The zero-order valence-electron chi connectivity index (χ0n) is 26.3. The molecule has 0 aliphatic carbocycles. The second-order valence-electron chi connectivity index (χ2n) is 11.5. The van der Waals surface area contributed by atoms with Crippen LogP contribution in [0.4, 0.5) is 28.6 Å². The summed E-state index contributed by atoms with van der Waals surface area (Å²) in [5.74, 6) is -0.332. The number of nitrogens with two attached hydrogens (primary N) is 2. The summed E-state index contributed by atoms with van der Waals surface area (Å²) in [5.41, 5.74) is 17.9. The molecule has 4 aromatic rings. The van der Waals surface area contributed by atoms with Crippen molar-refractivity contribution in [1.29, 1.82) is 0 Å². The molecule has 2 aromatic carbocycles. The van der Waals surface area contributed by atoms with Gasteiger partial charge in [-0.25, -0.2) is 4.98 Å². The molecule has 0 spiro atoms. The maximum absolute atomic E-state index is 13.2. The molecule has 236 valence electrons. The minimum Gasteiger partial charge on any atom is -0.397 e. The zero-order chi connectivity index (χ0) is 32.2. The van der Waals surface area contributed by atoms with E-state index in [1.54, 1.807) is 30.6 Å². The summed E-state index contributed by atoms with van der Waals surface area (Å²) in [5, 5.41) is 6.24. The van der Waals surface area contributed by atoms with Crippen molar-refractivity contribution < 1.29 is 9.59 Å². The van der Waals surface area contributed by atoms with Gasteiger partial charge in [-0.15, -0.1) is 11.3 Å². The highest BCUT2D eigenvalue weighted by atomic mass is 32.1. The van der Waals surface area contributed by atoms with E-state index < -0.39 is 0 Å². The molecule has 45 heavy (non-hydrogen) atoms. The van der Waals surface area contributed by atoms with Crippen LogP contribution in [0, 0.1) is 12.8 Å². The van der Waals surface area contributed by atoms with Crippen LogP contribution in [-0.4, -0.2) is 34.5 Å². The molecule has 5 rings (SSSR count). The minimum absolute atomic E-state index is 0.104. The molecule has 0 radical (unpaired) electrons. The zero-order valence-corrected chi connectivity index (χ0v) is 27.1. The lowest BCUT2D eigenvalue weighted by Gasteiger charge is -2.33. The fourth-order valence-corrected chi connectivity index (χ4v) is 6.92. The molecule has 1 fully saturated rings. The number of aromatic nitrogens is 2. The summed E-state index contributed by atoms with van der Waals surface area (Å²) in [6, 6.07) is 13.2. The molecular weight excluding hydrogens is 586 g/mol. The Bertz CT molecular complexity index is 1790. The highest BCUT2D eigenvalue weighted by Gasteiger charge is 2.24. The first-order valence-electron chi connectivity index (χ1n) is 15.4. The van der Waals surface area contributed by atoms with Gasteiger partial charge in [-0.05, 0) is 74.1 Å². The van der Waals surface area contributed by atoms with E-state index in [0.717, 1.165) is 36.1 Å². The number of nitrogens with one attached hydrogen (secondary N) is 2. The lowest BCUT2D eigenvalue weighted by molar-refractivity contribution is -0.122. The fourth-order valence-electron chi connectivity index (χ4n) is 5.87. The number of amides is 2. The number of carbonyl (C=O) groups is 2. The molecule has 11 heteroatoms. The van der Waals surface area contributed by atoms with E-state index in [1.807, 2.05) is 43.3 Å². The average molecular weight is 628 g/mol. The number of nitrogens with zero attached hydrogens (tertiary/aromatic N) is 3. The van der Waals surface area contributed by atoms with Gasteiger partial charge in [0, 0.05) is 54.1 Å². The largest absolute Gasteiger partial charge is 0.397 e. The predicted octanol–water partition coefficient (Wildman–Crippen LogP) is 5.61. The van der Waals surface area contributed by atoms with Gasteiger partial charge in [-0.1, -0.05) is 32.4 Å². The summed E-state index contributed by atoms with van der Waals surface area (Å²) >= 11 is 1.55. The van der Waals surface area contributed by atoms with Crippen molar-refractivity contribution >= 4 is 51.7 Å². The number of hydrogen-bond donors (Lipinski definition) is 4. The first-order valence-corrected chi connectivity index (χ1v) is 16.2. The maximum Gasteiger partial charge on any atom is 0.293 e. The van der Waals surface area contributed by atoms with Gasteiger partial charge in [0.25, 0.3) is 11.5 Å². The molecule has 1 aliphatic heterocycles. The Labute approximate surface area is 267 Å². The van der Waals surface area contributed by atoms with E-state index in [0.29, 0.717) is 53.6 Å². The molecule has 1 aliphatic rings. The summed E-state index contributed by atoms with van der Waals surface area (Å²) in [7, 11) is 1.68. The van der Waals surface area contributed by atoms with Crippen LogP contribution < -0.4 is 32.6 Å². The second kappa shape index (κ2) is 13.6. The number of anilines is 5. The van der Waals surface area contributed by atoms with Crippen molar-refractivity contribution in [2.24, 2.45) is 18.7 Å². The Hall–Kier alpha value is -4.64. The third kappa shape index (κ3) is 6.88. The third-order valence-electron chi connectivity index (χ3n) is 8.42. The van der Waals surface area contributed by atoms with Gasteiger partial charge in [0.05, 0.1) is 21.9 Å². The minimum atomic E-state index is -0.288. The molecule has 2 amide bonds. The van der Waals surface area contributed by atoms with E-state index in [-0.39, 0.29) is 29.1 Å². The van der Waals surface area contributed by atoms with Crippen molar-refractivity contribution in [3.63, 3.8) is 0 Å². The lowest BCUT2D eigenvalue weighted by atomic mass is 9.96. The van der Waals surface area contributed by atoms with Crippen molar-refractivity contribution in [2.75, 3.05) is 34.4 Å². The number of hydrogen-bond acceptors (Lipinski definition) is 8. The number of aryl methyl sites for hydroxylation is 3. The van der Waals surface area contributed by atoms with Crippen molar-refractivity contribution in [1.82, 2.24) is 9.55 Å². The standard InChI is InChI=1S/C34H41N7O3S/c1-5-8-22-17-30(45-29(22)6-2)33(43)39-26-10-7-9-24(20(26)3)27-19-40(4)34(44)32(38-27)37-23-11-12-28(25(35)18-23)41-15-13-21(14-16-41)31(36)42/h7,9-12,17-19,21H,5-6,8,13-16,35H2,1-4H3,(H2,36,42)(H,37,38)(H,39,43). The summed E-state index contributed by atoms with van der Waals surface area (Å²) in [6.45, 7) is 7.59. The molecule has 3 heterocycles. The summed E-state index contributed by atoms with van der Waals surface area (Å²) in [6.07, 6.45) is 5.99. The molecule has 2 aromatic heterocycles. The quantitative estimate of drug-likeness (QED) is 0.167. The first kappa shape index (κ1) is 31.8. The first-order chi connectivity index (χ1) is 21.6. The Balaban J connectivity index is 1.36. The third-order valence-corrected chi connectivity index (χ3v) is 9.74. The Morgan fingerprint density at radius 3 is 2.53 bits per heavy atom. The van der Waals surface area contributed by atoms with Crippen LogP contribution >= 0.6 is 11.3 Å². The molecular formula is C34H41N7O3S. The van der Waals surface area contributed by atoms with Gasteiger partial charge < -0.3 is 31.6 Å². The van der Waals surface area contributed by atoms with Crippen molar-refractivity contribution in [2.45, 2.75) is 52.9 Å². The molecule has 10 nitrogen and oxygen atoms in total. The summed E-state index contributed by atoms with van der Waals surface area (Å²) < 4.78 is 1.49. The van der Waals surface area contributed by atoms with Gasteiger partial charge in [0.15, 0.2) is 5.82 Å². The van der Waals surface area contributed by atoms with E-state index in [1.165, 1.54) is 15.0 Å². The van der Waals surface area contributed by atoms with Gasteiger partial charge in [-0.2, -0.15) is 0 Å². The number of benzene rings is 2.